The second kappa shape index (κ2) is 7.81. The van der Waals surface area contributed by atoms with Crippen LogP contribution < -0.4 is 4.90 Å². The molecule has 0 radical (unpaired) electrons. The van der Waals surface area contributed by atoms with Crippen LogP contribution >= 0.6 is 27.3 Å². The first kappa shape index (κ1) is 19.2. The van der Waals surface area contributed by atoms with E-state index in [1.807, 2.05) is 0 Å². The molecule has 2 unspecified atom stereocenters. The first-order chi connectivity index (χ1) is 10.7. The van der Waals surface area contributed by atoms with Crippen LogP contribution in [0.1, 0.15) is 49.7 Å². The van der Waals surface area contributed by atoms with Crippen molar-refractivity contribution in [3.63, 3.8) is 0 Å². The summed E-state index contributed by atoms with van der Waals surface area (Å²) in [7, 11) is -1.12. The molecule has 2 rings (SSSR count). The van der Waals surface area contributed by atoms with Crippen molar-refractivity contribution in [3.8, 4) is 0 Å². The largest absolute Gasteiger partial charge is 0.415 e. The molecule has 0 amide bonds. The normalized spacial score (nSPS) is 20.8. The van der Waals surface area contributed by atoms with E-state index in [4.69, 9.17) is 4.43 Å². The summed E-state index contributed by atoms with van der Waals surface area (Å²) in [6, 6.07) is 2.49. The topological polar surface area (TPSA) is 29.5 Å². The molecule has 1 aliphatic rings. The SMILES string of the molecule is C[SiH](C)OC(C1CCCCN1c1cc(Br)c(C=O)s1)C(C)(C)C. The lowest BCUT2D eigenvalue weighted by Crippen LogP contribution is -2.53. The third-order valence-corrected chi connectivity index (χ3v) is 7.11. The van der Waals surface area contributed by atoms with Crippen molar-refractivity contribution in [2.45, 2.75) is 65.3 Å². The number of aldehydes is 1. The van der Waals surface area contributed by atoms with Gasteiger partial charge in [0, 0.05) is 11.0 Å². The summed E-state index contributed by atoms with van der Waals surface area (Å²) >= 11 is 5.09. The standard InChI is InChI=1S/C17H28BrNO2SSi/c1-17(2,3)16(21-23(4)5)13-8-6-7-9-19(13)15-10-12(18)14(11-20)22-15/h10-11,13,16,23H,6-9H2,1-5H3. The number of thiophene rings is 1. The first-order valence-electron chi connectivity index (χ1n) is 8.40. The van der Waals surface area contributed by atoms with Crippen molar-refractivity contribution in [1.29, 1.82) is 0 Å². The Bertz CT molecular complexity index is 541. The molecule has 2 heterocycles. The van der Waals surface area contributed by atoms with Crippen LogP contribution in [0.2, 0.25) is 13.1 Å². The molecule has 1 aliphatic heterocycles. The number of carbonyl (C=O) groups excluding carboxylic acids is 1. The van der Waals surface area contributed by atoms with Crippen LogP contribution in [0.3, 0.4) is 0 Å². The number of hydrogen-bond donors (Lipinski definition) is 0. The third-order valence-electron chi connectivity index (χ3n) is 4.26. The molecule has 2 atom stereocenters. The fourth-order valence-corrected chi connectivity index (χ4v) is 6.13. The molecule has 0 bridgehead atoms. The van der Waals surface area contributed by atoms with Gasteiger partial charge in [-0.25, -0.2) is 0 Å². The molecule has 0 N–H and O–H groups in total. The Hall–Kier alpha value is -0.173. The molecular formula is C17H28BrNO2SSi. The fourth-order valence-electron chi connectivity index (χ4n) is 3.30. The summed E-state index contributed by atoms with van der Waals surface area (Å²) in [6.07, 6.45) is 4.79. The number of hydrogen-bond acceptors (Lipinski definition) is 4. The van der Waals surface area contributed by atoms with Crippen molar-refractivity contribution >= 4 is 47.6 Å². The predicted molar refractivity (Wildman–Crippen MR) is 106 cm³/mol. The van der Waals surface area contributed by atoms with Crippen molar-refractivity contribution in [3.05, 3.63) is 15.4 Å². The second-order valence-electron chi connectivity index (χ2n) is 7.64. The molecule has 0 spiro atoms. The van der Waals surface area contributed by atoms with Gasteiger partial charge >= 0.3 is 0 Å². The Labute approximate surface area is 154 Å². The lowest BCUT2D eigenvalue weighted by molar-refractivity contribution is 0.0523. The smallest absolute Gasteiger partial charge is 0.171 e. The predicted octanol–water partition coefficient (Wildman–Crippen LogP) is 5.10. The average Bonchev–Trinajstić information content (AvgIpc) is 2.84. The molecule has 1 aromatic heterocycles. The van der Waals surface area contributed by atoms with Gasteiger partial charge in [-0.3, -0.25) is 4.79 Å². The highest BCUT2D eigenvalue weighted by Gasteiger charge is 2.38. The quantitative estimate of drug-likeness (QED) is 0.492. The van der Waals surface area contributed by atoms with Gasteiger partial charge in [0.2, 0.25) is 0 Å². The Morgan fingerprint density at radius 3 is 2.65 bits per heavy atom. The maximum Gasteiger partial charge on any atom is 0.171 e. The van der Waals surface area contributed by atoms with E-state index in [9.17, 15) is 4.79 Å². The van der Waals surface area contributed by atoms with Crippen LogP contribution in [0.15, 0.2) is 10.5 Å². The molecule has 1 fully saturated rings. The minimum atomic E-state index is -1.12. The van der Waals surface area contributed by atoms with Crippen LogP contribution in [-0.2, 0) is 4.43 Å². The van der Waals surface area contributed by atoms with E-state index in [-0.39, 0.29) is 11.5 Å². The zero-order valence-corrected chi connectivity index (χ0v) is 18.3. The molecule has 1 saturated heterocycles. The zero-order valence-electron chi connectivity index (χ0n) is 14.8. The van der Waals surface area contributed by atoms with Gasteiger partial charge in [-0.2, -0.15) is 0 Å². The summed E-state index contributed by atoms with van der Waals surface area (Å²) < 4.78 is 7.40. The van der Waals surface area contributed by atoms with E-state index < -0.39 is 9.04 Å². The van der Waals surface area contributed by atoms with Gasteiger partial charge in [0.15, 0.2) is 15.3 Å². The van der Waals surface area contributed by atoms with Crippen molar-refractivity contribution in [1.82, 2.24) is 0 Å². The summed E-state index contributed by atoms with van der Waals surface area (Å²) in [5.41, 5.74) is 0.111. The molecule has 0 aromatic carbocycles. The van der Waals surface area contributed by atoms with Gasteiger partial charge in [0.05, 0.1) is 22.0 Å². The van der Waals surface area contributed by atoms with Gasteiger partial charge < -0.3 is 9.33 Å². The number of anilines is 1. The van der Waals surface area contributed by atoms with Crippen LogP contribution in [0.5, 0.6) is 0 Å². The fraction of sp³-hybridized carbons (Fsp3) is 0.706. The van der Waals surface area contributed by atoms with Crippen LogP contribution in [-0.4, -0.2) is 34.0 Å². The molecule has 0 aliphatic carbocycles. The first-order valence-corrected chi connectivity index (χ1v) is 12.8. The monoisotopic (exact) mass is 417 g/mol. The third kappa shape index (κ3) is 4.68. The number of piperidine rings is 1. The van der Waals surface area contributed by atoms with E-state index in [2.05, 4.69) is 60.8 Å². The summed E-state index contributed by atoms with van der Waals surface area (Å²) in [6.45, 7) is 12.4. The summed E-state index contributed by atoms with van der Waals surface area (Å²) in [4.78, 5) is 14.4. The van der Waals surface area contributed by atoms with E-state index in [1.54, 1.807) is 11.3 Å². The second-order valence-corrected chi connectivity index (χ2v) is 11.9. The zero-order chi connectivity index (χ0) is 17.2. The highest BCUT2D eigenvalue weighted by molar-refractivity contribution is 9.10. The van der Waals surface area contributed by atoms with Gasteiger partial charge in [-0.15, -0.1) is 11.3 Å². The Morgan fingerprint density at radius 1 is 1.43 bits per heavy atom. The number of halogens is 1. The van der Waals surface area contributed by atoms with Crippen LogP contribution in [0.25, 0.3) is 0 Å². The van der Waals surface area contributed by atoms with Gasteiger partial charge in [0.1, 0.15) is 0 Å². The average molecular weight is 418 g/mol. The van der Waals surface area contributed by atoms with Crippen molar-refractivity contribution in [2.24, 2.45) is 5.41 Å². The molecule has 6 heteroatoms. The van der Waals surface area contributed by atoms with Gasteiger partial charge in [0.25, 0.3) is 0 Å². The molecule has 130 valence electrons. The molecular weight excluding hydrogens is 390 g/mol. The highest BCUT2D eigenvalue weighted by atomic mass is 79.9. The Morgan fingerprint density at radius 2 is 2.13 bits per heavy atom. The molecule has 0 saturated carbocycles. The summed E-state index contributed by atoms with van der Waals surface area (Å²) in [5, 5.41) is 1.19. The minimum Gasteiger partial charge on any atom is -0.415 e. The van der Waals surface area contributed by atoms with Crippen molar-refractivity contribution < 1.29 is 9.22 Å². The van der Waals surface area contributed by atoms with Crippen molar-refractivity contribution in [2.75, 3.05) is 11.4 Å². The lowest BCUT2D eigenvalue weighted by atomic mass is 9.81. The molecule has 23 heavy (non-hydrogen) atoms. The Kier molecular flexibility index (Phi) is 6.50. The minimum absolute atomic E-state index is 0.111. The molecule has 1 aromatic rings. The summed E-state index contributed by atoms with van der Waals surface area (Å²) in [5.74, 6) is 0. The number of rotatable bonds is 5. The molecule has 3 nitrogen and oxygen atoms in total. The number of nitrogens with zero attached hydrogens (tertiary/aromatic N) is 1. The highest BCUT2D eigenvalue weighted by Crippen LogP contribution is 2.40. The van der Waals surface area contributed by atoms with Gasteiger partial charge in [-0.05, 0) is 59.8 Å². The van der Waals surface area contributed by atoms with Crippen LogP contribution in [0.4, 0.5) is 5.00 Å². The Balaban J connectivity index is 2.33. The van der Waals surface area contributed by atoms with E-state index in [1.165, 1.54) is 17.8 Å². The van der Waals surface area contributed by atoms with Gasteiger partial charge in [-0.1, -0.05) is 20.8 Å². The number of carbonyl (C=O) groups is 1. The van der Waals surface area contributed by atoms with E-state index >= 15 is 0 Å². The maximum atomic E-state index is 11.2. The van der Waals surface area contributed by atoms with E-state index in [0.29, 0.717) is 6.04 Å². The lowest BCUT2D eigenvalue weighted by Gasteiger charge is -2.46. The van der Waals surface area contributed by atoms with E-state index in [0.717, 1.165) is 28.6 Å². The maximum absolute atomic E-state index is 11.2. The van der Waals surface area contributed by atoms with Crippen LogP contribution in [0, 0.1) is 5.41 Å².